The Labute approximate surface area is 295 Å². The molecular formula is C20H35N8O20P3S. The van der Waals surface area contributed by atoms with E-state index in [4.69, 9.17) is 55.4 Å². The Morgan fingerprint density at radius 1 is 1.02 bits per heavy atom. The molecule has 1 saturated heterocycles. The third-order valence-electron chi connectivity index (χ3n) is 5.86. The molecule has 32 heteroatoms. The lowest BCUT2D eigenvalue weighted by Gasteiger charge is -2.17. The van der Waals surface area contributed by atoms with E-state index in [1.807, 2.05) is 0 Å². The van der Waals surface area contributed by atoms with Crippen LogP contribution in [0.25, 0.3) is 11.2 Å². The molecule has 52 heavy (non-hydrogen) atoms. The lowest BCUT2D eigenvalue weighted by atomic mass is 10.1. The van der Waals surface area contributed by atoms with Crippen LogP contribution >= 0.6 is 36.1 Å². The summed E-state index contributed by atoms with van der Waals surface area (Å²) in [6, 6.07) is -2.15. The molecule has 0 bridgehead atoms. The monoisotopic (exact) mass is 832 g/mol. The largest absolute Gasteiger partial charge is 0.481 e. The number of nitrogen functional groups attached to an aromatic ring is 1. The first-order valence-corrected chi connectivity index (χ1v) is 18.8. The molecule has 7 atom stereocenters. The van der Waals surface area contributed by atoms with Crippen LogP contribution in [-0.2, 0) is 46.4 Å². The lowest BCUT2D eigenvalue weighted by molar-refractivity contribution is -0.139. The summed E-state index contributed by atoms with van der Waals surface area (Å²) in [5, 5.41) is 41.6. The van der Waals surface area contributed by atoms with Gasteiger partial charge in [0.2, 0.25) is 11.8 Å². The number of amides is 2. The molecule has 1 aliphatic rings. The number of hydrogen-bond acceptors (Lipinski definition) is 18. The van der Waals surface area contributed by atoms with Gasteiger partial charge in [-0.25, -0.2) is 28.6 Å². The summed E-state index contributed by atoms with van der Waals surface area (Å²) in [6.45, 7) is -1.38. The highest BCUT2D eigenvalue weighted by Gasteiger charge is 2.46. The first kappa shape index (κ1) is 46.8. The van der Waals surface area contributed by atoms with Gasteiger partial charge in [-0.2, -0.15) is 16.9 Å². The van der Waals surface area contributed by atoms with Crippen molar-refractivity contribution < 1.29 is 96.2 Å². The van der Waals surface area contributed by atoms with Gasteiger partial charge >= 0.3 is 35.4 Å². The molecule has 2 aromatic heterocycles. The van der Waals surface area contributed by atoms with Gasteiger partial charge in [0.1, 0.15) is 48.8 Å². The Morgan fingerprint density at radius 2 is 1.62 bits per heavy atom. The second kappa shape index (κ2) is 20.3. The van der Waals surface area contributed by atoms with Gasteiger partial charge in [0.25, 0.3) is 0 Å². The first-order valence-electron chi connectivity index (χ1n) is 13.6. The molecular weight excluding hydrogens is 797 g/mol. The number of carbonyl (C=O) groups excluding carboxylic acids is 2. The van der Waals surface area contributed by atoms with Crippen molar-refractivity contribution in [2.45, 2.75) is 49.5 Å². The number of aromatic nitrogens is 4. The fourth-order valence-corrected chi connectivity index (χ4v) is 5.49. The number of imidazole rings is 1. The second-order valence-corrected chi connectivity index (χ2v) is 14.1. The normalized spacial score (nSPS) is 21.0. The van der Waals surface area contributed by atoms with Gasteiger partial charge in [-0.3, -0.25) is 28.3 Å². The number of aliphatic hydroxyl groups excluding tert-OH is 2. The number of thiol groups is 1. The van der Waals surface area contributed by atoms with Crippen LogP contribution < -0.4 is 22.1 Å². The van der Waals surface area contributed by atoms with Gasteiger partial charge in [-0.05, 0) is 6.42 Å². The fourth-order valence-electron chi connectivity index (χ4n) is 3.64. The van der Waals surface area contributed by atoms with Crippen LogP contribution in [0.1, 0.15) is 19.1 Å². The van der Waals surface area contributed by atoms with Crippen LogP contribution in [0.2, 0.25) is 0 Å². The Hall–Kier alpha value is -3.21. The molecule has 0 aliphatic carbocycles. The minimum atomic E-state index is -5.29. The fraction of sp³-hybridized carbons (Fsp3) is 0.550. The zero-order valence-electron chi connectivity index (χ0n) is 25.9. The van der Waals surface area contributed by atoms with Crippen LogP contribution in [0.5, 0.6) is 0 Å². The number of nitrogens with zero attached hydrogens (tertiary/aromatic N) is 4. The first-order chi connectivity index (χ1) is 23.8. The van der Waals surface area contributed by atoms with Crippen molar-refractivity contribution in [3.63, 3.8) is 0 Å². The topological polar surface area (TPSA) is 469 Å². The second-order valence-electron chi connectivity index (χ2n) is 9.88. The van der Waals surface area contributed by atoms with E-state index >= 15 is 0 Å². The van der Waals surface area contributed by atoms with Crippen LogP contribution in [0.15, 0.2) is 12.7 Å². The Morgan fingerprint density at radius 3 is 2.13 bits per heavy atom. The highest BCUT2D eigenvalue weighted by molar-refractivity contribution is 7.80. The number of anilines is 1. The minimum absolute atomic E-state index is 0.0256. The number of phosphoric acid groups is 3. The summed E-state index contributed by atoms with van der Waals surface area (Å²) in [4.78, 5) is 103. The molecule has 2 amide bonds. The number of ether oxygens (including phenoxy) is 1. The minimum Gasteiger partial charge on any atom is -0.480 e. The van der Waals surface area contributed by atoms with Crippen molar-refractivity contribution in [1.82, 2.24) is 30.2 Å². The third kappa shape index (κ3) is 17.1. The van der Waals surface area contributed by atoms with Crippen molar-refractivity contribution in [3.05, 3.63) is 12.7 Å². The van der Waals surface area contributed by atoms with Crippen molar-refractivity contribution in [2.24, 2.45) is 5.73 Å². The van der Waals surface area contributed by atoms with E-state index < -0.39 is 97.0 Å². The van der Waals surface area contributed by atoms with Gasteiger partial charge < -0.3 is 76.6 Å². The van der Waals surface area contributed by atoms with E-state index in [2.05, 4.69) is 47.0 Å². The molecule has 3 heterocycles. The highest BCUT2D eigenvalue weighted by atomic mass is 32.1. The number of carboxylic acids is 2. The molecule has 0 aromatic carbocycles. The summed E-state index contributed by atoms with van der Waals surface area (Å²) < 4.78 is 45.7. The molecule has 1 unspecified atom stereocenters. The van der Waals surface area contributed by atoms with E-state index in [9.17, 15) is 43.4 Å². The zero-order chi connectivity index (χ0) is 40.2. The average molecular weight is 833 g/mol. The summed E-state index contributed by atoms with van der Waals surface area (Å²) >= 11 is 3.87. The SMILES string of the molecule is N[C@@H](CCC(=O)N[C@@H](CS)C(=O)NCC(=O)O)C(=O)O.Nc1ncnc2c1ncn2[C@@H]1O[C@H](COP(=O)(O)OP(=O)(O)O)[C@@H](O)[C@H]1O.O=P(O)(O)O. The van der Waals surface area contributed by atoms with E-state index in [0.29, 0.717) is 0 Å². The maximum Gasteiger partial charge on any atom is 0.481 e. The number of aliphatic carboxylic acids is 2. The third-order valence-corrected chi connectivity index (χ3v) is 8.37. The summed E-state index contributed by atoms with van der Waals surface area (Å²) in [7, 11) is -15.1. The van der Waals surface area contributed by atoms with E-state index in [1.54, 1.807) is 0 Å². The number of nitrogens with one attached hydrogen (secondary N) is 2. The predicted octanol–water partition coefficient (Wildman–Crippen LogP) is -4.88. The molecule has 3 rings (SSSR count). The number of carboxylic acid groups (broad SMARTS) is 2. The zero-order valence-corrected chi connectivity index (χ0v) is 29.5. The van der Waals surface area contributed by atoms with Crippen molar-refractivity contribution >= 4 is 76.8 Å². The van der Waals surface area contributed by atoms with E-state index in [1.165, 1.54) is 10.9 Å². The van der Waals surface area contributed by atoms with Gasteiger partial charge in [0.05, 0.1) is 12.9 Å². The summed E-state index contributed by atoms with van der Waals surface area (Å²) in [6.07, 6.45) is -3.43. The number of nitrogens with two attached hydrogens (primary N) is 2. The Balaban J connectivity index is 0.000000478. The van der Waals surface area contributed by atoms with Crippen molar-refractivity contribution in [1.29, 1.82) is 0 Å². The molecule has 296 valence electrons. The summed E-state index contributed by atoms with van der Waals surface area (Å²) in [5.74, 6) is -3.62. The molecule has 0 radical (unpaired) electrons. The molecule has 2 aromatic rings. The smallest absolute Gasteiger partial charge is 0.480 e. The molecule has 0 spiro atoms. The van der Waals surface area contributed by atoms with Crippen molar-refractivity contribution in [2.75, 3.05) is 24.6 Å². The molecule has 28 nitrogen and oxygen atoms in total. The number of phosphoric ester groups is 1. The van der Waals surface area contributed by atoms with Gasteiger partial charge in [-0.15, -0.1) is 0 Å². The molecule has 16 N–H and O–H groups in total. The average Bonchev–Trinajstić information content (AvgIpc) is 3.55. The van der Waals surface area contributed by atoms with Crippen molar-refractivity contribution in [3.8, 4) is 0 Å². The highest BCUT2D eigenvalue weighted by Crippen LogP contribution is 2.57. The Bertz CT molecular complexity index is 1680. The number of aliphatic hydroxyl groups is 2. The number of fused-ring (bicyclic) bond motifs is 1. The van der Waals surface area contributed by atoms with Crippen LogP contribution in [0.4, 0.5) is 5.82 Å². The van der Waals surface area contributed by atoms with Gasteiger partial charge in [0, 0.05) is 12.2 Å². The van der Waals surface area contributed by atoms with Crippen LogP contribution in [-0.4, -0.2) is 142 Å². The lowest BCUT2D eigenvalue weighted by Crippen LogP contribution is -2.49. The maximum absolute atomic E-state index is 11.5. The van der Waals surface area contributed by atoms with Gasteiger partial charge in [0.15, 0.2) is 17.7 Å². The quantitative estimate of drug-likeness (QED) is 0.0591. The molecule has 0 saturated carbocycles. The van der Waals surface area contributed by atoms with Crippen LogP contribution in [0, 0.1) is 0 Å². The van der Waals surface area contributed by atoms with E-state index in [0.717, 1.165) is 6.33 Å². The molecule has 1 aliphatic heterocycles. The number of rotatable bonds is 15. The summed E-state index contributed by atoms with van der Waals surface area (Å²) in [5.41, 5.74) is 11.3. The standard InChI is InChI=1S/C10H15N5O10P2.C10H17N3O6S.H3O4P/c11-8-5-9(13-2-12-8)15(3-14-5)10-7(17)6(16)4(24-10)1-23-27(21,22)25-26(18,19)20;11-5(10(18)19)1-2-7(14)13-6(4-20)9(17)12-3-8(15)16;1-5(2,3)4/h2-4,6-7,10,16-17H,1H2,(H,21,22)(H2,11,12,13)(H2,18,19,20);5-6,20H,1-4,11H2,(H,12,17)(H,13,14)(H,15,16)(H,18,19);(H3,1,2,3,4)/t4-,6-,7-,10-;5-,6-;/m10./s1. The van der Waals surface area contributed by atoms with E-state index in [-0.39, 0.29) is 35.6 Å². The number of carbonyl (C=O) groups is 4. The number of hydrogen-bond donors (Lipinski definition) is 15. The van der Waals surface area contributed by atoms with Crippen LogP contribution in [0.3, 0.4) is 0 Å². The molecule has 1 fully saturated rings. The maximum atomic E-state index is 11.5. The predicted molar refractivity (Wildman–Crippen MR) is 170 cm³/mol. The Kier molecular flexibility index (Phi) is 18.3. The van der Waals surface area contributed by atoms with Gasteiger partial charge in [-0.1, -0.05) is 0 Å².